The van der Waals surface area contributed by atoms with Crippen molar-refractivity contribution in [3.63, 3.8) is 0 Å². The minimum Gasteiger partial charge on any atom is -0.379 e. The summed E-state index contributed by atoms with van der Waals surface area (Å²) in [4.78, 5) is 0. The van der Waals surface area contributed by atoms with Crippen LogP contribution in [0.5, 0.6) is 0 Å². The number of morpholine rings is 1. The summed E-state index contributed by atoms with van der Waals surface area (Å²) in [6, 6.07) is 0.165. The van der Waals surface area contributed by atoms with Crippen LogP contribution in [-0.4, -0.2) is 31.5 Å². The predicted molar refractivity (Wildman–Crippen MR) is 56.2 cm³/mol. The van der Waals surface area contributed by atoms with Crippen molar-refractivity contribution in [1.82, 2.24) is 5.32 Å². The van der Waals surface area contributed by atoms with E-state index in [0.717, 1.165) is 13.2 Å². The summed E-state index contributed by atoms with van der Waals surface area (Å²) < 4.78 is 19.6. The summed E-state index contributed by atoms with van der Waals surface area (Å²) in [5.41, 5.74) is -1.46. The fraction of sp³-hybridized carbons (Fsp3) is 1.00. The summed E-state index contributed by atoms with van der Waals surface area (Å²) >= 11 is 0. The van der Waals surface area contributed by atoms with Gasteiger partial charge in [0.2, 0.25) is 0 Å². The fourth-order valence-electron chi connectivity index (χ4n) is 1.52. The van der Waals surface area contributed by atoms with E-state index >= 15 is 0 Å². The highest BCUT2D eigenvalue weighted by atomic mass is 19.1. The van der Waals surface area contributed by atoms with Crippen molar-refractivity contribution in [2.45, 2.75) is 45.8 Å². The van der Waals surface area contributed by atoms with Crippen molar-refractivity contribution >= 4 is 0 Å². The molecule has 2 nitrogen and oxygen atoms in total. The molecule has 1 N–H and O–H groups in total. The Balaban J connectivity index is 2.49. The Labute approximate surface area is 86.2 Å². The maximum absolute atomic E-state index is 14.3. The molecule has 0 aromatic carbocycles. The van der Waals surface area contributed by atoms with Crippen molar-refractivity contribution in [2.24, 2.45) is 5.41 Å². The highest BCUT2D eigenvalue weighted by molar-refractivity contribution is 4.91. The molecule has 0 saturated carbocycles. The molecule has 3 heteroatoms. The molecule has 14 heavy (non-hydrogen) atoms. The summed E-state index contributed by atoms with van der Waals surface area (Å²) in [5.74, 6) is 0. The maximum Gasteiger partial charge on any atom is 0.114 e. The van der Waals surface area contributed by atoms with Crippen LogP contribution < -0.4 is 5.32 Å². The van der Waals surface area contributed by atoms with E-state index in [2.05, 4.69) is 5.32 Å². The summed E-state index contributed by atoms with van der Waals surface area (Å²) in [7, 11) is 0. The van der Waals surface area contributed by atoms with Crippen molar-refractivity contribution < 1.29 is 9.13 Å². The quantitative estimate of drug-likeness (QED) is 0.742. The molecule has 0 amide bonds. The SMILES string of the molecule is CC(C)(C)C(C)(F)CC1COCCN1. The Morgan fingerprint density at radius 3 is 2.43 bits per heavy atom. The van der Waals surface area contributed by atoms with E-state index in [1.807, 2.05) is 20.8 Å². The lowest BCUT2D eigenvalue weighted by Crippen LogP contribution is -2.48. The van der Waals surface area contributed by atoms with Crippen molar-refractivity contribution in [3.05, 3.63) is 0 Å². The van der Waals surface area contributed by atoms with Crippen LogP contribution in [0.3, 0.4) is 0 Å². The molecular weight excluding hydrogens is 181 g/mol. The highest BCUT2D eigenvalue weighted by Crippen LogP contribution is 2.37. The van der Waals surface area contributed by atoms with Crippen molar-refractivity contribution in [3.8, 4) is 0 Å². The Hall–Kier alpha value is -0.150. The highest BCUT2D eigenvalue weighted by Gasteiger charge is 2.39. The number of ether oxygens (including phenoxy) is 1. The van der Waals surface area contributed by atoms with Gasteiger partial charge in [-0.2, -0.15) is 0 Å². The number of rotatable bonds is 2. The first-order valence-corrected chi connectivity index (χ1v) is 5.33. The molecule has 0 aliphatic carbocycles. The van der Waals surface area contributed by atoms with Crippen LogP contribution in [0.4, 0.5) is 4.39 Å². The lowest BCUT2D eigenvalue weighted by molar-refractivity contribution is -0.000481. The largest absolute Gasteiger partial charge is 0.379 e. The van der Waals surface area contributed by atoms with Gasteiger partial charge in [0.05, 0.1) is 13.2 Å². The Bertz CT molecular complexity index is 180. The second-order valence-corrected chi connectivity index (χ2v) is 5.38. The third-order valence-corrected chi connectivity index (χ3v) is 3.19. The molecule has 1 heterocycles. The van der Waals surface area contributed by atoms with Crippen LogP contribution in [0.1, 0.15) is 34.1 Å². The number of nitrogens with one attached hydrogen (secondary N) is 1. The first kappa shape index (κ1) is 11.9. The molecule has 1 aliphatic rings. The Morgan fingerprint density at radius 2 is 2.00 bits per heavy atom. The van der Waals surface area contributed by atoms with E-state index in [4.69, 9.17) is 4.74 Å². The van der Waals surface area contributed by atoms with E-state index in [1.165, 1.54) is 0 Å². The zero-order chi connectivity index (χ0) is 10.8. The average molecular weight is 203 g/mol. The number of halogens is 1. The Kier molecular flexibility index (Phi) is 3.53. The zero-order valence-corrected chi connectivity index (χ0v) is 9.69. The normalized spacial score (nSPS) is 28.5. The van der Waals surface area contributed by atoms with Crippen molar-refractivity contribution in [2.75, 3.05) is 19.8 Å². The molecule has 2 atom stereocenters. The monoisotopic (exact) mass is 203 g/mol. The summed E-state index contributed by atoms with van der Waals surface area (Å²) in [6.07, 6.45) is 0.524. The van der Waals surface area contributed by atoms with E-state index in [-0.39, 0.29) is 11.5 Å². The van der Waals surface area contributed by atoms with Gasteiger partial charge >= 0.3 is 0 Å². The number of hydrogen-bond acceptors (Lipinski definition) is 2. The van der Waals surface area contributed by atoms with Crippen LogP contribution in [-0.2, 0) is 4.74 Å². The van der Waals surface area contributed by atoms with Crippen LogP contribution in [0.25, 0.3) is 0 Å². The first-order chi connectivity index (χ1) is 6.33. The molecule has 2 unspecified atom stereocenters. The standard InChI is InChI=1S/C11H22FNO/c1-10(2,3)11(4,12)7-9-8-14-6-5-13-9/h9,13H,5-8H2,1-4H3. The predicted octanol–water partition coefficient (Wildman–Crippen LogP) is 2.14. The van der Waals surface area contributed by atoms with E-state index in [1.54, 1.807) is 6.92 Å². The zero-order valence-electron chi connectivity index (χ0n) is 9.69. The molecule has 0 bridgehead atoms. The van der Waals surface area contributed by atoms with Crippen molar-refractivity contribution in [1.29, 1.82) is 0 Å². The second kappa shape index (κ2) is 4.15. The minimum absolute atomic E-state index is 0.165. The van der Waals surface area contributed by atoms with Gasteiger partial charge in [0, 0.05) is 12.6 Å². The van der Waals surface area contributed by atoms with Crippen LogP contribution in [0.2, 0.25) is 0 Å². The average Bonchev–Trinajstić information content (AvgIpc) is 2.03. The van der Waals surface area contributed by atoms with Gasteiger partial charge in [-0.25, -0.2) is 4.39 Å². The van der Waals surface area contributed by atoms with E-state index in [9.17, 15) is 4.39 Å². The third kappa shape index (κ3) is 2.92. The molecule has 0 radical (unpaired) electrons. The van der Waals surface area contributed by atoms with Gasteiger partial charge in [-0.15, -0.1) is 0 Å². The number of alkyl halides is 1. The molecular formula is C11H22FNO. The third-order valence-electron chi connectivity index (χ3n) is 3.19. The van der Waals surface area contributed by atoms with Gasteiger partial charge in [0.15, 0.2) is 0 Å². The lowest BCUT2D eigenvalue weighted by atomic mass is 9.75. The van der Waals surface area contributed by atoms with E-state index in [0.29, 0.717) is 13.0 Å². The molecule has 1 aliphatic heterocycles. The van der Waals surface area contributed by atoms with Gasteiger partial charge < -0.3 is 10.1 Å². The molecule has 84 valence electrons. The summed E-state index contributed by atoms with van der Waals surface area (Å²) in [6.45, 7) is 9.73. The lowest BCUT2D eigenvalue weighted by Gasteiger charge is -2.38. The molecule has 0 spiro atoms. The fourth-order valence-corrected chi connectivity index (χ4v) is 1.52. The van der Waals surface area contributed by atoms with Gasteiger partial charge in [0.1, 0.15) is 5.67 Å². The summed E-state index contributed by atoms with van der Waals surface area (Å²) in [5, 5.41) is 3.28. The molecule has 1 fully saturated rings. The van der Waals surface area contributed by atoms with Gasteiger partial charge in [-0.3, -0.25) is 0 Å². The van der Waals surface area contributed by atoms with Gasteiger partial charge in [-0.05, 0) is 18.8 Å². The molecule has 1 saturated heterocycles. The second-order valence-electron chi connectivity index (χ2n) is 5.38. The van der Waals surface area contributed by atoms with Gasteiger partial charge in [0.25, 0.3) is 0 Å². The first-order valence-electron chi connectivity index (χ1n) is 5.33. The van der Waals surface area contributed by atoms with Crippen LogP contribution in [0, 0.1) is 5.41 Å². The molecule has 1 rings (SSSR count). The van der Waals surface area contributed by atoms with Crippen LogP contribution in [0.15, 0.2) is 0 Å². The number of hydrogen-bond donors (Lipinski definition) is 1. The topological polar surface area (TPSA) is 21.3 Å². The minimum atomic E-state index is -1.15. The van der Waals surface area contributed by atoms with Crippen LogP contribution >= 0.6 is 0 Å². The smallest absolute Gasteiger partial charge is 0.114 e. The van der Waals surface area contributed by atoms with E-state index < -0.39 is 5.67 Å². The Morgan fingerprint density at radius 1 is 1.36 bits per heavy atom. The molecule has 0 aromatic heterocycles. The maximum atomic E-state index is 14.3. The molecule has 0 aromatic rings. The van der Waals surface area contributed by atoms with Gasteiger partial charge in [-0.1, -0.05) is 20.8 Å².